The van der Waals surface area contributed by atoms with Crippen LogP contribution in [0.15, 0.2) is 97.2 Å². The van der Waals surface area contributed by atoms with Crippen molar-refractivity contribution in [3.8, 4) is 0 Å². The Hall–Kier alpha value is -2.69. The van der Waals surface area contributed by atoms with Crippen LogP contribution < -0.4 is 5.32 Å². The molecule has 0 saturated heterocycles. The zero-order valence-corrected chi connectivity index (χ0v) is 50.8. The highest BCUT2D eigenvalue weighted by molar-refractivity contribution is 5.76. The van der Waals surface area contributed by atoms with Gasteiger partial charge < -0.3 is 15.5 Å². The van der Waals surface area contributed by atoms with Gasteiger partial charge in [-0.05, 0) is 83.5 Å². The molecule has 0 heterocycles. The van der Waals surface area contributed by atoms with Crippen LogP contribution in [0.1, 0.15) is 335 Å². The number of unbranched alkanes of at least 4 members (excludes halogenated alkanes) is 40. The maximum absolute atomic E-state index is 12.5. The minimum Gasteiger partial charge on any atom is -0.394 e. The van der Waals surface area contributed by atoms with E-state index in [2.05, 4.69) is 104 Å². The van der Waals surface area contributed by atoms with E-state index in [0.29, 0.717) is 6.42 Å². The van der Waals surface area contributed by atoms with Crippen molar-refractivity contribution in [2.75, 3.05) is 6.61 Å². The van der Waals surface area contributed by atoms with Crippen LogP contribution in [0.4, 0.5) is 0 Å². The number of hydrogen-bond donors (Lipinski definition) is 3. The number of hydrogen-bond acceptors (Lipinski definition) is 3. The molecule has 0 aromatic carbocycles. The molecule has 4 nitrogen and oxygen atoms in total. The van der Waals surface area contributed by atoms with E-state index in [1.54, 1.807) is 6.08 Å². The highest BCUT2D eigenvalue weighted by Gasteiger charge is 2.18. The van der Waals surface area contributed by atoms with Crippen LogP contribution in [0.25, 0.3) is 0 Å². The van der Waals surface area contributed by atoms with Gasteiger partial charge in [-0.1, -0.05) is 342 Å². The molecule has 0 rings (SSSR count). The second kappa shape index (κ2) is 66.6. The van der Waals surface area contributed by atoms with Crippen LogP contribution in [0.2, 0.25) is 0 Å². The number of nitrogens with one attached hydrogen (secondary N) is 1. The zero-order valence-electron chi connectivity index (χ0n) is 50.8. The molecule has 0 aliphatic rings. The lowest BCUT2D eigenvalue weighted by molar-refractivity contribution is -0.123. The second-order valence-electron chi connectivity index (χ2n) is 22.5. The smallest absolute Gasteiger partial charge is 0.220 e. The molecule has 0 fully saturated rings. The summed E-state index contributed by atoms with van der Waals surface area (Å²) >= 11 is 0. The summed E-state index contributed by atoms with van der Waals surface area (Å²) in [7, 11) is 0. The molecule has 0 bridgehead atoms. The predicted molar refractivity (Wildman–Crippen MR) is 340 cm³/mol. The Morgan fingerprint density at radius 1 is 0.329 bits per heavy atom. The van der Waals surface area contributed by atoms with Crippen molar-refractivity contribution in [3.63, 3.8) is 0 Å². The van der Waals surface area contributed by atoms with Crippen molar-refractivity contribution in [2.24, 2.45) is 0 Å². The van der Waals surface area contributed by atoms with Gasteiger partial charge in [-0.3, -0.25) is 4.79 Å². The number of carbonyl (C=O) groups excluding carboxylic acids is 1. The number of amides is 1. The van der Waals surface area contributed by atoms with Gasteiger partial charge in [0.1, 0.15) is 0 Å². The predicted octanol–water partition coefficient (Wildman–Crippen LogP) is 22.8. The quantitative estimate of drug-likeness (QED) is 0.0420. The van der Waals surface area contributed by atoms with Gasteiger partial charge in [0.25, 0.3) is 0 Å². The van der Waals surface area contributed by atoms with Crippen molar-refractivity contribution in [3.05, 3.63) is 97.2 Å². The van der Waals surface area contributed by atoms with Crippen LogP contribution in [0, 0.1) is 0 Å². The molecule has 0 aliphatic carbocycles. The topological polar surface area (TPSA) is 69.6 Å². The first-order valence-electron chi connectivity index (χ1n) is 33.5. The molecular formula is C72H129NO3. The summed E-state index contributed by atoms with van der Waals surface area (Å²) in [6.45, 7) is 4.21. The summed E-state index contributed by atoms with van der Waals surface area (Å²) in [5.74, 6) is -0.0699. The molecule has 440 valence electrons. The largest absolute Gasteiger partial charge is 0.394 e. The lowest BCUT2D eigenvalue weighted by Gasteiger charge is -2.19. The Morgan fingerprint density at radius 2 is 0.592 bits per heavy atom. The average Bonchev–Trinajstić information content (AvgIpc) is 3.42. The summed E-state index contributed by atoms with van der Waals surface area (Å²) < 4.78 is 0. The second-order valence-corrected chi connectivity index (χ2v) is 22.5. The Kier molecular flexibility index (Phi) is 64.2. The summed E-state index contributed by atoms with van der Waals surface area (Å²) in [5.41, 5.74) is 0. The average molecular weight is 1060 g/mol. The van der Waals surface area contributed by atoms with E-state index in [4.69, 9.17) is 0 Å². The van der Waals surface area contributed by atoms with Crippen LogP contribution in [0.5, 0.6) is 0 Å². The number of allylic oxidation sites excluding steroid dienone is 15. The fourth-order valence-electron chi connectivity index (χ4n) is 10.0. The molecule has 0 aliphatic heterocycles. The van der Waals surface area contributed by atoms with Crippen molar-refractivity contribution in [1.29, 1.82) is 0 Å². The minimum atomic E-state index is -0.865. The molecule has 1 amide bonds. The van der Waals surface area contributed by atoms with E-state index < -0.39 is 12.1 Å². The molecule has 0 radical (unpaired) electrons. The van der Waals surface area contributed by atoms with Gasteiger partial charge in [-0.2, -0.15) is 0 Å². The van der Waals surface area contributed by atoms with Crippen molar-refractivity contribution < 1.29 is 15.0 Å². The lowest BCUT2D eigenvalue weighted by atomic mass is 10.0. The molecule has 0 spiro atoms. The van der Waals surface area contributed by atoms with Gasteiger partial charge in [0.2, 0.25) is 5.91 Å². The van der Waals surface area contributed by atoms with Gasteiger partial charge in [0, 0.05) is 6.42 Å². The molecular weight excluding hydrogens is 927 g/mol. The first kappa shape index (κ1) is 73.3. The van der Waals surface area contributed by atoms with Gasteiger partial charge in [-0.25, -0.2) is 0 Å². The van der Waals surface area contributed by atoms with E-state index in [1.807, 2.05) is 6.08 Å². The van der Waals surface area contributed by atoms with Gasteiger partial charge in [0.15, 0.2) is 0 Å². The van der Waals surface area contributed by atoms with Crippen molar-refractivity contribution >= 4 is 5.91 Å². The van der Waals surface area contributed by atoms with Crippen molar-refractivity contribution in [1.82, 2.24) is 5.32 Å². The van der Waals surface area contributed by atoms with Crippen LogP contribution in [0.3, 0.4) is 0 Å². The Labute approximate surface area is 474 Å². The van der Waals surface area contributed by atoms with E-state index in [1.165, 1.54) is 244 Å². The summed E-state index contributed by atoms with van der Waals surface area (Å²) in [6.07, 6.45) is 99.1. The van der Waals surface area contributed by atoms with Crippen LogP contribution in [-0.4, -0.2) is 34.9 Å². The van der Waals surface area contributed by atoms with E-state index >= 15 is 0 Å². The van der Waals surface area contributed by atoms with Gasteiger partial charge in [0.05, 0.1) is 18.8 Å². The highest BCUT2D eigenvalue weighted by atomic mass is 16.3. The lowest BCUT2D eigenvalue weighted by Crippen LogP contribution is -2.45. The minimum absolute atomic E-state index is 0.0699. The highest BCUT2D eigenvalue weighted by Crippen LogP contribution is 2.18. The van der Waals surface area contributed by atoms with Gasteiger partial charge >= 0.3 is 0 Å². The number of aliphatic hydroxyl groups excluding tert-OH is 2. The SMILES string of the molecule is CC/C=C\C/C=C\C/C=C\C/C=C\C/C=C\C/C=C\CCCCCCCCCCCCCCCCCCCCCCCCC(=O)NC(CO)C(O)/C=C/CC/C=C/CCCCCCCCCCCCCCCCCCC. The first-order valence-corrected chi connectivity index (χ1v) is 33.5. The molecule has 0 saturated carbocycles. The van der Waals surface area contributed by atoms with Crippen molar-refractivity contribution in [2.45, 2.75) is 347 Å². The third-order valence-electron chi connectivity index (χ3n) is 15.1. The van der Waals surface area contributed by atoms with E-state index in [0.717, 1.165) is 70.6 Å². The molecule has 0 aromatic rings. The molecule has 2 unspecified atom stereocenters. The fourth-order valence-corrected chi connectivity index (χ4v) is 10.0. The third-order valence-corrected chi connectivity index (χ3v) is 15.1. The van der Waals surface area contributed by atoms with Crippen LogP contribution >= 0.6 is 0 Å². The van der Waals surface area contributed by atoms with Gasteiger partial charge in [-0.15, -0.1) is 0 Å². The zero-order chi connectivity index (χ0) is 54.8. The number of aliphatic hydroxyl groups is 2. The molecule has 76 heavy (non-hydrogen) atoms. The Balaban J connectivity index is 3.47. The summed E-state index contributed by atoms with van der Waals surface area (Å²) in [4.78, 5) is 12.5. The molecule has 4 heteroatoms. The normalized spacial score (nSPS) is 13.4. The molecule has 3 N–H and O–H groups in total. The Morgan fingerprint density at radius 3 is 0.921 bits per heavy atom. The summed E-state index contributed by atoms with van der Waals surface area (Å²) in [5, 5.41) is 23.2. The molecule has 2 atom stereocenters. The standard InChI is InChI=1S/C72H129NO3/c1-3-5-7-9-11-13-15-17-19-21-23-25-27-28-29-30-31-32-33-34-35-36-37-38-39-40-41-42-43-44-46-48-50-52-54-56-58-60-62-64-66-68-72(76)73-70(69-74)71(75)67-65-63-61-59-57-55-53-51-49-47-45-26-24-22-20-18-16-14-12-10-8-6-4-2/h5,7,11,13,17,19,23,25,28-29,31-32,57,59,65,67,70-71,74-75H,3-4,6,8-10,12,14-16,18,20-22,24,26-27,30,33-56,58,60-64,66,68-69H2,1-2H3,(H,73,76)/b7-5-,13-11-,19-17-,25-23-,29-28-,32-31-,59-57+,67-65+. The molecule has 0 aromatic heterocycles. The van der Waals surface area contributed by atoms with E-state index in [9.17, 15) is 15.0 Å². The van der Waals surface area contributed by atoms with E-state index in [-0.39, 0.29) is 12.5 Å². The van der Waals surface area contributed by atoms with Crippen LogP contribution in [-0.2, 0) is 4.79 Å². The fraction of sp³-hybridized carbons (Fsp3) is 0.764. The Bertz CT molecular complexity index is 1380. The monoisotopic (exact) mass is 1060 g/mol. The maximum Gasteiger partial charge on any atom is 0.220 e. The number of carbonyl (C=O) groups is 1. The first-order chi connectivity index (χ1) is 37.7. The number of rotatable bonds is 61. The summed E-state index contributed by atoms with van der Waals surface area (Å²) in [6, 6.07) is -0.642. The third kappa shape index (κ3) is 62.2. The maximum atomic E-state index is 12.5.